The zero-order valence-electron chi connectivity index (χ0n) is 8.09. The molecule has 2 heteroatoms. The maximum atomic E-state index is 6.02. The molecule has 0 aromatic heterocycles. The molecule has 0 amide bonds. The van der Waals surface area contributed by atoms with E-state index in [0.29, 0.717) is 0 Å². The molecular weight excluding hydrogens is 194 g/mol. The van der Waals surface area contributed by atoms with Crippen LogP contribution in [0.1, 0.15) is 24.8 Å². The van der Waals surface area contributed by atoms with Crippen LogP contribution < -0.4 is 5.32 Å². The summed E-state index contributed by atoms with van der Waals surface area (Å²) >= 11 is 6.02. The van der Waals surface area contributed by atoms with E-state index >= 15 is 0 Å². The molecule has 1 aromatic rings. The minimum atomic E-state index is 0.272. The third kappa shape index (κ3) is 1.19. The third-order valence-electron chi connectivity index (χ3n) is 3.67. The van der Waals surface area contributed by atoms with Crippen molar-refractivity contribution in [2.24, 2.45) is 5.92 Å². The molecule has 0 spiro atoms. The number of halogens is 1. The van der Waals surface area contributed by atoms with Crippen molar-refractivity contribution in [3.05, 3.63) is 34.9 Å². The van der Waals surface area contributed by atoms with Crippen LogP contribution >= 0.6 is 11.6 Å². The maximum absolute atomic E-state index is 6.02. The largest absolute Gasteiger partial charge is 0.307 e. The summed E-state index contributed by atoms with van der Waals surface area (Å²) in [6.45, 7) is 1.16. The molecule has 1 nitrogen and oxygen atoms in total. The van der Waals surface area contributed by atoms with Crippen LogP contribution in [0.2, 0.25) is 5.02 Å². The van der Waals surface area contributed by atoms with Crippen molar-refractivity contribution in [2.45, 2.75) is 24.8 Å². The first-order valence-electron chi connectivity index (χ1n) is 5.30. The fourth-order valence-electron chi connectivity index (χ4n) is 2.91. The fourth-order valence-corrected chi connectivity index (χ4v) is 3.10. The summed E-state index contributed by atoms with van der Waals surface area (Å²) in [6, 6.07) is 8.30. The summed E-state index contributed by atoms with van der Waals surface area (Å²) in [5.41, 5.74) is 1.65. The Morgan fingerprint density at radius 3 is 2.86 bits per heavy atom. The quantitative estimate of drug-likeness (QED) is 0.747. The van der Waals surface area contributed by atoms with Crippen LogP contribution in [0.25, 0.3) is 0 Å². The molecule has 2 saturated heterocycles. The van der Waals surface area contributed by atoms with Gasteiger partial charge in [-0.15, -0.1) is 0 Å². The Morgan fingerprint density at radius 1 is 1.36 bits per heavy atom. The van der Waals surface area contributed by atoms with Crippen molar-refractivity contribution in [3.8, 4) is 0 Å². The Balaban J connectivity index is 1.95. The molecule has 3 fully saturated rings. The lowest BCUT2D eigenvalue weighted by atomic mass is 9.61. The van der Waals surface area contributed by atoms with Gasteiger partial charge in [0.25, 0.3) is 0 Å². The average Bonchev–Trinajstić information content (AvgIpc) is 2.17. The smallest absolute Gasteiger partial charge is 0.0440 e. The van der Waals surface area contributed by atoms with Crippen LogP contribution in [0.3, 0.4) is 0 Å². The lowest BCUT2D eigenvalue weighted by Gasteiger charge is -2.53. The number of nitrogens with one attached hydrogen (secondary N) is 1. The highest BCUT2D eigenvalue weighted by molar-refractivity contribution is 6.30. The fraction of sp³-hybridized carbons (Fsp3) is 0.500. The van der Waals surface area contributed by atoms with Gasteiger partial charge in [0.2, 0.25) is 0 Å². The van der Waals surface area contributed by atoms with E-state index in [0.717, 1.165) is 17.5 Å². The molecule has 3 aliphatic rings. The van der Waals surface area contributed by atoms with Gasteiger partial charge >= 0.3 is 0 Å². The lowest BCUT2D eigenvalue weighted by molar-refractivity contribution is 0.0502. The summed E-state index contributed by atoms with van der Waals surface area (Å²) in [6.07, 6.45) is 3.95. The van der Waals surface area contributed by atoms with Gasteiger partial charge in [-0.3, -0.25) is 0 Å². The van der Waals surface area contributed by atoms with Gasteiger partial charge in [-0.1, -0.05) is 23.7 Å². The van der Waals surface area contributed by atoms with Crippen LogP contribution in [0, 0.1) is 5.92 Å². The van der Waals surface area contributed by atoms with Crippen molar-refractivity contribution in [1.82, 2.24) is 5.32 Å². The molecule has 4 rings (SSSR count). The van der Waals surface area contributed by atoms with Gasteiger partial charge in [-0.2, -0.15) is 0 Å². The molecule has 1 N–H and O–H groups in total. The van der Waals surface area contributed by atoms with E-state index in [1.165, 1.54) is 24.8 Å². The first-order chi connectivity index (χ1) is 6.78. The highest BCUT2D eigenvalue weighted by atomic mass is 35.5. The summed E-state index contributed by atoms with van der Waals surface area (Å²) in [5, 5.41) is 4.50. The summed E-state index contributed by atoms with van der Waals surface area (Å²) in [7, 11) is 0. The molecule has 2 bridgehead atoms. The van der Waals surface area contributed by atoms with Gasteiger partial charge in [0, 0.05) is 10.6 Å². The van der Waals surface area contributed by atoms with Gasteiger partial charge < -0.3 is 5.32 Å². The van der Waals surface area contributed by atoms with Crippen molar-refractivity contribution >= 4 is 11.6 Å². The minimum absolute atomic E-state index is 0.272. The van der Waals surface area contributed by atoms with Gasteiger partial charge in [-0.25, -0.2) is 0 Å². The molecule has 1 aromatic carbocycles. The molecule has 2 aliphatic heterocycles. The third-order valence-corrected chi connectivity index (χ3v) is 3.90. The number of benzene rings is 1. The van der Waals surface area contributed by atoms with Crippen molar-refractivity contribution in [1.29, 1.82) is 0 Å². The van der Waals surface area contributed by atoms with Gasteiger partial charge in [0.1, 0.15) is 0 Å². The topological polar surface area (TPSA) is 12.0 Å². The summed E-state index contributed by atoms with van der Waals surface area (Å²) < 4.78 is 0. The maximum Gasteiger partial charge on any atom is 0.0440 e. The van der Waals surface area contributed by atoms with Gasteiger partial charge in [0.15, 0.2) is 0 Å². The predicted molar refractivity (Wildman–Crippen MR) is 58.5 cm³/mol. The zero-order chi connectivity index (χ0) is 9.60. The summed E-state index contributed by atoms with van der Waals surface area (Å²) in [5.74, 6) is 0.954. The van der Waals surface area contributed by atoms with E-state index in [9.17, 15) is 0 Å². The second-order valence-corrected chi connectivity index (χ2v) is 5.02. The number of piperidine rings is 2. The lowest BCUT2D eigenvalue weighted by Crippen LogP contribution is -2.57. The normalized spacial score (nSPS) is 35.1. The van der Waals surface area contributed by atoms with Crippen molar-refractivity contribution in [2.75, 3.05) is 6.54 Å². The van der Waals surface area contributed by atoms with Crippen LogP contribution in [0.4, 0.5) is 0 Å². The van der Waals surface area contributed by atoms with E-state index < -0.39 is 0 Å². The highest BCUT2D eigenvalue weighted by Gasteiger charge is 2.47. The summed E-state index contributed by atoms with van der Waals surface area (Å²) in [4.78, 5) is 0. The van der Waals surface area contributed by atoms with Crippen molar-refractivity contribution < 1.29 is 0 Å². The molecule has 1 aliphatic carbocycles. The number of fused-ring (bicyclic) bond motifs is 2. The molecule has 0 radical (unpaired) electrons. The first-order valence-corrected chi connectivity index (χ1v) is 5.67. The Kier molecular flexibility index (Phi) is 1.86. The first kappa shape index (κ1) is 8.75. The van der Waals surface area contributed by atoms with Crippen molar-refractivity contribution in [3.63, 3.8) is 0 Å². The molecule has 1 saturated carbocycles. The molecule has 74 valence electrons. The van der Waals surface area contributed by atoms with Gasteiger partial charge in [-0.05, 0) is 49.4 Å². The van der Waals surface area contributed by atoms with E-state index in [1.807, 2.05) is 6.07 Å². The Bertz CT molecular complexity index is 350. The zero-order valence-corrected chi connectivity index (χ0v) is 8.85. The van der Waals surface area contributed by atoms with E-state index in [4.69, 9.17) is 11.6 Å². The minimum Gasteiger partial charge on any atom is -0.307 e. The molecule has 0 unspecified atom stereocenters. The Hall–Kier alpha value is -0.530. The second kappa shape index (κ2) is 2.98. The molecule has 0 atom stereocenters. The Labute approximate surface area is 89.5 Å². The predicted octanol–water partition coefficient (Wildman–Crippen LogP) is 2.94. The van der Waals surface area contributed by atoms with E-state index in [1.54, 1.807) is 0 Å². The average molecular weight is 208 g/mol. The SMILES string of the molecule is Clc1cccc(C23CC(CCN2)C3)c1. The van der Waals surface area contributed by atoms with E-state index in [2.05, 4.69) is 23.5 Å². The Morgan fingerprint density at radius 2 is 2.21 bits per heavy atom. The van der Waals surface area contributed by atoms with Crippen LogP contribution in [-0.4, -0.2) is 6.54 Å². The monoisotopic (exact) mass is 207 g/mol. The van der Waals surface area contributed by atoms with E-state index in [-0.39, 0.29) is 5.54 Å². The standard InChI is InChI=1S/C12H14ClN/c13-11-3-1-2-10(6-11)12-7-9(8-12)4-5-14-12/h1-3,6,9,14H,4-5,7-8H2. The second-order valence-electron chi connectivity index (χ2n) is 4.58. The number of hydrogen-bond donors (Lipinski definition) is 1. The van der Waals surface area contributed by atoms with Crippen LogP contribution in [0.5, 0.6) is 0 Å². The molecular formula is C12H14ClN. The molecule has 14 heavy (non-hydrogen) atoms. The highest BCUT2D eigenvalue weighted by Crippen LogP contribution is 2.50. The number of hydrogen-bond acceptors (Lipinski definition) is 1. The van der Waals surface area contributed by atoms with Crippen LogP contribution in [0.15, 0.2) is 24.3 Å². The number of rotatable bonds is 1. The molecule has 2 heterocycles. The van der Waals surface area contributed by atoms with Crippen LogP contribution in [-0.2, 0) is 5.54 Å². The van der Waals surface area contributed by atoms with Gasteiger partial charge in [0.05, 0.1) is 0 Å².